The minimum atomic E-state index is -0.862. The van der Waals surface area contributed by atoms with Crippen LogP contribution in [0.15, 0.2) is 41.1 Å². The number of halogens is 2. The molecule has 2 aromatic rings. The van der Waals surface area contributed by atoms with E-state index in [1.54, 1.807) is 12.4 Å². The molecule has 0 amide bonds. The lowest BCUT2D eigenvalue weighted by atomic mass is 9.88. The fraction of sp³-hybridized carbons (Fsp3) is 0.333. The van der Waals surface area contributed by atoms with Crippen molar-refractivity contribution in [2.75, 3.05) is 18.0 Å². The first-order valence-electron chi connectivity index (χ1n) is 6.78. The van der Waals surface area contributed by atoms with Crippen molar-refractivity contribution in [1.29, 1.82) is 0 Å². The summed E-state index contributed by atoms with van der Waals surface area (Å²) in [6.45, 7) is 1.39. The summed E-state index contributed by atoms with van der Waals surface area (Å²) in [6.07, 6.45) is 4.67. The Hall–Kier alpha value is -1.17. The van der Waals surface area contributed by atoms with Crippen LogP contribution in [0.3, 0.4) is 0 Å². The minimum Gasteiger partial charge on any atom is -0.383 e. The van der Waals surface area contributed by atoms with Crippen molar-refractivity contribution in [3.63, 3.8) is 0 Å². The van der Waals surface area contributed by atoms with Gasteiger partial charge in [-0.15, -0.1) is 0 Å². The average molecular weight is 369 g/mol. The predicted octanol–water partition coefficient (Wildman–Crippen LogP) is 3.38. The molecule has 0 radical (unpaired) electrons. The van der Waals surface area contributed by atoms with E-state index in [4.69, 9.17) is 11.6 Å². The summed E-state index contributed by atoms with van der Waals surface area (Å²) in [5, 5.41) is 11.4. The Morgan fingerprint density at radius 1 is 1.24 bits per heavy atom. The fourth-order valence-electron chi connectivity index (χ4n) is 2.62. The van der Waals surface area contributed by atoms with E-state index in [1.165, 1.54) is 0 Å². The number of hydrogen-bond donors (Lipinski definition) is 1. The Morgan fingerprint density at radius 2 is 2.00 bits per heavy atom. The van der Waals surface area contributed by atoms with Gasteiger partial charge in [0.1, 0.15) is 11.4 Å². The molecule has 0 aliphatic carbocycles. The van der Waals surface area contributed by atoms with Gasteiger partial charge < -0.3 is 10.0 Å². The zero-order valence-corrected chi connectivity index (χ0v) is 13.7. The zero-order chi connectivity index (χ0) is 14.9. The SMILES string of the molecule is OC1(c2ccccn2)CCN(c2ncc(Br)cc2Cl)CC1. The highest BCUT2D eigenvalue weighted by Crippen LogP contribution is 2.35. The molecule has 3 heterocycles. The summed E-state index contributed by atoms with van der Waals surface area (Å²) >= 11 is 9.60. The van der Waals surface area contributed by atoms with Gasteiger partial charge >= 0.3 is 0 Å². The standard InChI is InChI=1S/C15H15BrClN3O/c16-11-9-12(17)14(19-10-11)20-7-4-15(21,5-8-20)13-3-1-2-6-18-13/h1-3,6,9-10,21H,4-5,7-8H2. The van der Waals surface area contributed by atoms with Crippen molar-refractivity contribution in [1.82, 2.24) is 9.97 Å². The molecule has 1 fully saturated rings. The predicted molar refractivity (Wildman–Crippen MR) is 86.5 cm³/mol. The van der Waals surface area contributed by atoms with Crippen molar-refractivity contribution < 1.29 is 5.11 Å². The molecule has 0 unspecified atom stereocenters. The van der Waals surface area contributed by atoms with Gasteiger partial charge in [-0.3, -0.25) is 4.98 Å². The number of piperidine rings is 1. The summed E-state index contributed by atoms with van der Waals surface area (Å²) in [5.74, 6) is 0.767. The molecule has 3 rings (SSSR count). The fourth-order valence-corrected chi connectivity index (χ4v) is 3.37. The molecule has 0 bridgehead atoms. The second-order valence-electron chi connectivity index (χ2n) is 5.19. The largest absolute Gasteiger partial charge is 0.383 e. The molecule has 2 aromatic heterocycles. The van der Waals surface area contributed by atoms with E-state index >= 15 is 0 Å². The van der Waals surface area contributed by atoms with Gasteiger partial charge in [-0.1, -0.05) is 17.7 Å². The third-order valence-electron chi connectivity index (χ3n) is 3.82. The first-order valence-corrected chi connectivity index (χ1v) is 7.95. The van der Waals surface area contributed by atoms with Crippen LogP contribution in [0.2, 0.25) is 5.02 Å². The lowest BCUT2D eigenvalue weighted by Gasteiger charge is -2.38. The maximum Gasteiger partial charge on any atom is 0.147 e. The highest BCUT2D eigenvalue weighted by molar-refractivity contribution is 9.10. The van der Waals surface area contributed by atoms with Crippen LogP contribution < -0.4 is 4.90 Å². The van der Waals surface area contributed by atoms with Gasteiger partial charge in [0, 0.05) is 30.0 Å². The number of aliphatic hydroxyl groups is 1. The molecule has 1 aliphatic heterocycles. The zero-order valence-electron chi connectivity index (χ0n) is 11.3. The second kappa shape index (κ2) is 5.91. The van der Waals surface area contributed by atoms with Crippen LogP contribution in [0.4, 0.5) is 5.82 Å². The van der Waals surface area contributed by atoms with Gasteiger partial charge in [0.15, 0.2) is 0 Å². The molecule has 6 heteroatoms. The highest BCUT2D eigenvalue weighted by Gasteiger charge is 2.35. The van der Waals surface area contributed by atoms with Gasteiger partial charge in [0.25, 0.3) is 0 Å². The third kappa shape index (κ3) is 3.05. The monoisotopic (exact) mass is 367 g/mol. The van der Waals surface area contributed by atoms with Gasteiger partial charge in [0.05, 0.1) is 10.7 Å². The smallest absolute Gasteiger partial charge is 0.147 e. The molecule has 1 N–H and O–H groups in total. The summed E-state index contributed by atoms with van der Waals surface area (Å²) in [5.41, 5.74) is -0.126. The Bertz CT molecular complexity index is 630. The molecule has 0 saturated carbocycles. The molecule has 1 aliphatic rings. The van der Waals surface area contributed by atoms with Crippen molar-refractivity contribution in [3.05, 3.63) is 51.8 Å². The van der Waals surface area contributed by atoms with Crippen LogP contribution >= 0.6 is 27.5 Å². The number of rotatable bonds is 2. The van der Waals surface area contributed by atoms with Crippen LogP contribution in [0.25, 0.3) is 0 Å². The number of nitrogens with zero attached hydrogens (tertiary/aromatic N) is 3. The quantitative estimate of drug-likeness (QED) is 0.883. The van der Waals surface area contributed by atoms with Gasteiger partial charge in [-0.25, -0.2) is 4.98 Å². The van der Waals surface area contributed by atoms with E-state index in [9.17, 15) is 5.11 Å². The first-order chi connectivity index (χ1) is 10.1. The van der Waals surface area contributed by atoms with Gasteiger partial charge in [-0.2, -0.15) is 0 Å². The Morgan fingerprint density at radius 3 is 2.62 bits per heavy atom. The molecule has 4 nitrogen and oxygen atoms in total. The van der Waals surface area contributed by atoms with Crippen LogP contribution in [0, 0.1) is 0 Å². The van der Waals surface area contributed by atoms with Crippen molar-refractivity contribution in [2.45, 2.75) is 18.4 Å². The summed E-state index contributed by atoms with van der Waals surface area (Å²) < 4.78 is 0.859. The summed E-state index contributed by atoms with van der Waals surface area (Å²) in [7, 11) is 0. The van der Waals surface area contributed by atoms with Crippen molar-refractivity contribution >= 4 is 33.3 Å². The number of hydrogen-bond acceptors (Lipinski definition) is 4. The first kappa shape index (κ1) is 14.8. The van der Waals surface area contributed by atoms with E-state index in [-0.39, 0.29) is 0 Å². The number of anilines is 1. The third-order valence-corrected chi connectivity index (χ3v) is 4.53. The maximum atomic E-state index is 10.8. The Balaban J connectivity index is 1.76. The summed E-state index contributed by atoms with van der Waals surface area (Å²) in [6, 6.07) is 7.47. The molecule has 0 spiro atoms. The van der Waals surface area contributed by atoms with E-state index in [2.05, 4.69) is 30.8 Å². The molecule has 21 heavy (non-hydrogen) atoms. The molecule has 0 atom stereocenters. The lowest BCUT2D eigenvalue weighted by Crippen LogP contribution is -2.43. The number of aromatic nitrogens is 2. The minimum absolute atomic E-state index is 0.609. The van der Waals surface area contributed by atoms with Crippen molar-refractivity contribution in [3.8, 4) is 0 Å². The lowest BCUT2D eigenvalue weighted by molar-refractivity contribution is 0.00750. The summed E-state index contributed by atoms with van der Waals surface area (Å²) in [4.78, 5) is 10.8. The maximum absolute atomic E-state index is 10.8. The molecule has 110 valence electrons. The molecule has 0 aromatic carbocycles. The van der Waals surface area contributed by atoms with Crippen LogP contribution in [-0.2, 0) is 5.60 Å². The van der Waals surface area contributed by atoms with Crippen LogP contribution in [-0.4, -0.2) is 28.2 Å². The Labute approximate surface area is 136 Å². The van der Waals surface area contributed by atoms with Gasteiger partial charge in [0.2, 0.25) is 0 Å². The van der Waals surface area contributed by atoms with Crippen LogP contribution in [0.1, 0.15) is 18.5 Å². The van der Waals surface area contributed by atoms with Gasteiger partial charge in [-0.05, 0) is 47.0 Å². The number of pyridine rings is 2. The van der Waals surface area contributed by atoms with Crippen LogP contribution in [0.5, 0.6) is 0 Å². The Kier molecular flexibility index (Phi) is 4.15. The van der Waals surface area contributed by atoms with E-state index < -0.39 is 5.60 Å². The highest BCUT2D eigenvalue weighted by atomic mass is 79.9. The topological polar surface area (TPSA) is 49.3 Å². The van der Waals surface area contributed by atoms with E-state index in [1.807, 2.05) is 24.3 Å². The average Bonchev–Trinajstić information content (AvgIpc) is 2.50. The molecular formula is C15H15BrClN3O. The molecule has 1 saturated heterocycles. The normalized spacial score (nSPS) is 17.8. The van der Waals surface area contributed by atoms with Crippen molar-refractivity contribution in [2.24, 2.45) is 0 Å². The van der Waals surface area contributed by atoms with E-state index in [0.29, 0.717) is 31.0 Å². The second-order valence-corrected chi connectivity index (χ2v) is 6.52. The molecular weight excluding hydrogens is 354 g/mol. The van der Waals surface area contributed by atoms with E-state index in [0.717, 1.165) is 16.0 Å².